The summed E-state index contributed by atoms with van der Waals surface area (Å²) in [5, 5.41) is 3.62. The molecule has 1 aromatic rings. The number of hydrogen-bond acceptors (Lipinski definition) is 1. The van der Waals surface area contributed by atoms with E-state index >= 15 is 0 Å². The summed E-state index contributed by atoms with van der Waals surface area (Å²) in [6, 6.07) is 6.82. The van der Waals surface area contributed by atoms with Crippen LogP contribution in [0.3, 0.4) is 0 Å². The lowest BCUT2D eigenvalue weighted by atomic mass is 9.87. The second-order valence-corrected chi connectivity index (χ2v) is 6.69. The van der Waals surface area contributed by atoms with Crippen LogP contribution in [-0.4, -0.2) is 13.1 Å². The van der Waals surface area contributed by atoms with E-state index in [1.807, 2.05) is 0 Å². The van der Waals surface area contributed by atoms with Gasteiger partial charge < -0.3 is 5.32 Å². The van der Waals surface area contributed by atoms with Crippen LogP contribution < -0.4 is 5.32 Å². The van der Waals surface area contributed by atoms with Gasteiger partial charge in [-0.2, -0.15) is 0 Å². The molecule has 1 N–H and O–H groups in total. The van der Waals surface area contributed by atoms with Crippen molar-refractivity contribution in [3.63, 3.8) is 0 Å². The molecule has 0 saturated carbocycles. The van der Waals surface area contributed by atoms with Crippen molar-refractivity contribution in [2.75, 3.05) is 13.1 Å². The van der Waals surface area contributed by atoms with Gasteiger partial charge in [-0.05, 0) is 62.2 Å². The molecule has 0 bridgehead atoms. The summed E-state index contributed by atoms with van der Waals surface area (Å²) in [5.74, 6) is 2.17. The van der Waals surface area contributed by atoms with Crippen LogP contribution in [0.2, 0.25) is 0 Å². The minimum Gasteiger partial charge on any atom is -0.316 e. The second-order valence-electron chi connectivity index (χ2n) is 6.69. The monoisotopic (exact) mass is 261 g/mol. The van der Waals surface area contributed by atoms with Crippen LogP contribution in [0.5, 0.6) is 0 Å². The lowest BCUT2D eigenvalue weighted by Crippen LogP contribution is -2.30. The van der Waals surface area contributed by atoms with Gasteiger partial charge in [-0.1, -0.05) is 51.5 Å². The third-order valence-electron chi connectivity index (χ3n) is 3.89. The van der Waals surface area contributed by atoms with Gasteiger partial charge in [-0.15, -0.1) is 0 Å². The molecular formula is C18H31N. The molecule has 0 fully saturated rings. The van der Waals surface area contributed by atoms with Gasteiger partial charge in [0, 0.05) is 0 Å². The van der Waals surface area contributed by atoms with Gasteiger partial charge in [-0.25, -0.2) is 0 Å². The van der Waals surface area contributed by atoms with Gasteiger partial charge in [0.1, 0.15) is 0 Å². The Bertz CT molecular complexity index is 379. The number of rotatable bonds is 7. The van der Waals surface area contributed by atoms with Crippen LogP contribution in [0.15, 0.2) is 18.2 Å². The molecule has 0 aliphatic heterocycles. The smallest absolute Gasteiger partial charge is 0.00148 e. The van der Waals surface area contributed by atoms with Crippen LogP contribution >= 0.6 is 0 Å². The summed E-state index contributed by atoms with van der Waals surface area (Å²) in [7, 11) is 0. The topological polar surface area (TPSA) is 12.0 Å². The molecule has 0 aromatic heterocycles. The minimum absolute atomic E-state index is 0.722. The van der Waals surface area contributed by atoms with E-state index in [9.17, 15) is 0 Å². The van der Waals surface area contributed by atoms with Gasteiger partial charge >= 0.3 is 0 Å². The highest BCUT2D eigenvalue weighted by atomic mass is 14.9. The molecule has 0 heterocycles. The van der Waals surface area contributed by atoms with Crippen molar-refractivity contribution in [1.29, 1.82) is 0 Å². The Morgan fingerprint density at radius 3 is 2.26 bits per heavy atom. The van der Waals surface area contributed by atoms with E-state index in [4.69, 9.17) is 0 Å². The minimum atomic E-state index is 0.722. The quantitative estimate of drug-likeness (QED) is 0.769. The first-order valence-electron chi connectivity index (χ1n) is 7.67. The zero-order valence-electron chi connectivity index (χ0n) is 13.6. The third kappa shape index (κ3) is 5.78. The van der Waals surface area contributed by atoms with Gasteiger partial charge in [0.15, 0.2) is 0 Å². The summed E-state index contributed by atoms with van der Waals surface area (Å²) in [5.41, 5.74) is 4.32. The molecule has 0 spiro atoms. The first-order valence-corrected chi connectivity index (χ1v) is 7.67. The molecule has 0 aliphatic rings. The van der Waals surface area contributed by atoms with Crippen molar-refractivity contribution in [2.45, 2.75) is 48.0 Å². The fourth-order valence-electron chi connectivity index (χ4n) is 2.40. The molecular weight excluding hydrogens is 230 g/mol. The number of aryl methyl sites for hydroxylation is 2. The maximum atomic E-state index is 3.62. The lowest BCUT2D eigenvalue weighted by Gasteiger charge is -2.23. The largest absolute Gasteiger partial charge is 0.316 e. The average Bonchev–Trinajstić information content (AvgIpc) is 2.31. The third-order valence-corrected chi connectivity index (χ3v) is 3.89. The maximum Gasteiger partial charge on any atom is -0.00148 e. The van der Waals surface area contributed by atoms with Crippen molar-refractivity contribution < 1.29 is 0 Å². The summed E-state index contributed by atoms with van der Waals surface area (Å²) < 4.78 is 0. The Balaban J connectivity index is 2.64. The molecule has 1 unspecified atom stereocenters. The van der Waals surface area contributed by atoms with E-state index in [1.54, 1.807) is 0 Å². The fourth-order valence-corrected chi connectivity index (χ4v) is 2.40. The van der Waals surface area contributed by atoms with Gasteiger partial charge in [0.25, 0.3) is 0 Å². The molecule has 0 aliphatic carbocycles. The highest BCUT2D eigenvalue weighted by molar-refractivity contribution is 5.30. The molecule has 0 amide bonds. The number of nitrogens with one attached hydrogen (secondary N) is 1. The van der Waals surface area contributed by atoms with Crippen LogP contribution in [0.25, 0.3) is 0 Å². The summed E-state index contributed by atoms with van der Waals surface area (Å²) in [4.78, 5) is 0. The van der Waals surface area contributed by atoms with Crippen LogP contribution in [-0.2, 0) is 6.42 Å². The molecule has 1 aromatic carbocycles. The van der Waals surface area contributed by atoms with Crippen molar-refractivity contribution in [2.24, 2.45) is 17.8 Å². The summed E-state index contributed by atoms with van der Waals surface area (Å²) >= 11 is 0. The van der Waals surface area contributed by atoms with Crippen molar-refractivity contribution in [3.05, 3.63) is 34.9 Å². The Hall–Kier alpha value is -0.820. The highest BCUT2D eigenvalue weighted by Crippen LogP contribution is 2.20. The highest BCUT2D eigenvalue weighted by Gasteiger charge is 2.15. The molecule has 1 heteroatoms. The molecule has 1 rings (SSSR count). The van der Waals surface area contributed by atoms with Crippen LogP contribution in [0.4, 0.5) is 0 Å². The SMILES string of the molecule is Cc1ccc(C)c(CC(CNCC(C)C)C(C)C)c1. The first-order chi connectivity index (χ1) is 8.90. The first kappa shape index (κ1) is 16.2. The molecule has 0 radical (unpaired) electrons. The fraction of sp³-hybridized carbons (Fsp3) is 0.667. The Kier molecular flexibility index (Phi) is 6.57. The number of hydrogen-bond donors (Lipinski definition) is 1. The van der Waals surface area contributed by atoms with Gasteiger partial charge in [0.05, 0.1) is 0 Å². The zero-order valence-corrected chi connectivity index (χ0v) is 13.6. The van der Waals surface area contributed by atoms with E-state index in [0.717, 1.165) is 30.8 Å². The predicted octanol–water partition coefficient (Wildman–Crippen LogP) is 4.36. The number of benzene rings is 1. The summed E-state index contributed by atoms with van der Waals surface area (Å²) in [6.45, 7) is 15.9. The Morgan fingerprint density at radius 1 is 1.00 bits per heavy atom. The molecule has 19 heavy (non-hydrogen) atoms. The normalized spacial score (nSPS) is 13.3. The Morgan fingerprint density at radius 2 is 1.68 bits per heavy atom. The lowest BCUT2D eigenvalue weighted by molar-refractivity contribution is 0.352. The van der Waals surface area contributed by atoms with Crippen LogP contribution in [0.1, 0.15) is 44.4 Å². The molecule has 1 nitrogen and oxygen atoms in total. The van der Waals surface area contributed by atoms with Gasteiger partial charge in [-0.3, -0.25) is 0 Å². The molecule has 1 atom stereocenters. The van der Waals surface area contributed by atoms with Crippen molar-refractivity contribution >= 4 is 0 Å². The van der Waals surface area contributed by atoms with Crippen molar-refractivity contribution in [1.82, 2.24) is 5.32 Å². The standard InChI is InChI=1S/C18H31N/c1-13(2)11-19-12-18(14(3)4)10-17-9-15(5)7-8-16(17)6/h7-9,13-14,18-19H,10-12H2,1-6H3. The zero-order chi connectivity index (χ0) is 14.4. The Labute approximate surface area is 119 Å². The van der Waals surface area contributed by atoms with E-state index in [2.05, 4.69) is 65.1 Å². The van der Waals surface area contributed by atoms with E-state index in [-0.39, 0.29) is 0 Å². The van der Waals surface area contributed by atoms with Crippen molar-refractivity contribution in [3.8, 4) is 0 Å². The van der Waals surface area contributed by atoms with Gasteiger partial charge in [0.2, 0.25) is 0 Å². The maximum absolute atomic E-state index is 3.62. The predicted molar refractivity (Wildman–Crippen MR) is 85.7 cm³/mol. The van der Waals surface area contributed by atoms with E-state index in [0.29, 0.717) is 0 Å². The van der Waals surface area contributed by atoms with Crippen LogP contribution in [0, 0.1) is 31.6 Å². The average molecular weight is 261 g/mol. The van der Waals surface area contributed by atoms with E-state index < -0.39 is 0 Å². The van der Waals surface area contributed by atoms with E-state index in [1.165, 1.54) is 23.1 Å². The summed E-state index contributed by atoms with van der Waals surface area (Å²) in [6.07, 6.45) is 1.19. The second kappa shape index (κ2) is 7.69. The molecule has 0 saturated heterocycles. The molecule has 108 valence electrons.